The fourth-order valence-corrected chi connectivity index (χ4v) is 3.72. The third-order valence-electron chi connectivity index (χ3n) is 5.70. The highest BCUT2D eigenvalue weighted by Crippen LogP contribution is 2.29. The largest absolute Gasteiger partial charge is 0.394 e. The maximum Gasteiger partial charge on any atom is 0.187 e. The number of ether oxygens (including phenoxy) is 4. The highest BCUT2D eigenvalue weighted by atomic mass is 16.7. The molecule has 0 aromatic heterocycles. The van der Waals surface area contributed by atoms with Crippen molar-refractivity contribution in [3.05, 3.63) is 0 Å². The zero-order valence-corrected chi connectivity index (χ0v) is 17.7. The van der Waals surface area contributed by atoms with E-state index in [1.54, 1.807) is 0 Å². The van der Waals surface area contributed by atoms with Crippen molar-refractivity contribution in [1.82, 2.24) is 0 Å². The van der Waals surface area contributed by atoms with Gasteiger partial charge in [-0.05, 0) is 13.3 Å². The zero-order valence-electron chi connectivity index (χ0n) is 17.7. The van der Waals surface area contributed by atoms with Crippen LogP contribution in [0.15, 0.2) is 0 Å². The van der Waals surface area contributed by atoms with E-state index in [-0.39, 0.29) is 0 Å². The minimum atomic E-state index is -1.58. The molecular formula is C20H38O10. The second-order valence-corrected chi connectivity index (χ2v) is 8.13. The Labute approximate surface area is 177 Å². The van der Waals surface area contributed by atoms with Crippen LogP contribution in [0.3, 0.4) is 0 Å². The van der Waals surface area contributed by atoms with Crippen molar-refractivity contribution in [3.8, 4) is 0 Å². The van der Waals surface area contributed by atoms with Gasteiger partial charge in [-0.1, -0.05) is 39.0 Å². The van der Waals surface area contributed by atoms with E-state index in [2.05, 4.69) is 6.92 Å². The Morgan fingerprint density at radius 3 is 2.03 bits per heavy atom. The molecule has 30 heavy (non-hydrogen) atoms. The molecule has 0 aromatic rings. The molecule has 2 saturated heterocycles. The second-order valence-electron chi connectivity index (χ2n) is 8.13. The van der Waals surface area contributed by atoms with E-state index in [1.807, 2.05) is 0 Å². The average molecular weight is 439 g/mol. The van der Waals surface area contributed by atoms with Crippen LogP contribution in [-0.4, -0.2) is 105 Å². The van der Waals surface area contributed by atoms with Gasteiger partial charge in [-0.15, -0.1) is 0 Å². The van der Waals surface area contributed by atoms with E-state index in [0.29, 0.717) is 6.61 Å². The maximum atomic E-state index is 10.5. The normalized spacial score (nSPS) is 42.4. The van der Waals surface area contributed by atoms with Crippen molar-refractivity contribution in [3.63, 3.8) is 0 Å². The third kappa shape index (κ3) is 6.55. The molecule has 10 heteroatoms. The lowest BCUT2D eigenvalue weighted by Gasteiger charge is -2.45. The molecule has 0 bridgehead atoms. The molecule has 0 spiro atoms. The lowest BCUT2D eigenvalue weighted by atomic mass is 9.97. The number of rotatable bonds is 11. The summed E-state index contributed by atoms with van der Waals surface area (Å²) >= 11 is 0. The monoisotopic (exact) mass is 438 g/mol. The van der Waals surface area contributed by atoms with E-state index < -0.39 is 68.0 Å². The van der Waals surface area contributed by atoms with Gasteiger partial charge in [0.1, 0.15) is 42.7 Å². The summed E-state index contributed by atoms with van der Waals surface area (Å²) in [6.07, 6.45) is -6.53. The summed E-state index contributed by atoms with van der Waals surface area (Å²) in [5.74, 6) is 0. The molecule has 0 saturated carbocycles. The number of unbranched alkanes of at least 4 members (excludes halogenated alkanes) is 5. The first-order valence-electron chi connectivity index (χ1n) is 10.9. The summed E-state index contributed by atoms with van der Waals surface area (Å²) in [7, 11) is 0. The van der Waals surface area contributed by atoms with Gasteiger partial charge in [0.25, 0.3) is 0 Å². The maximum absolute atomic E-state index is 10.5. The number of aliphatic hydroxyl groups is 6. The van der Waals surface area contributed by atoms with Crippen LogP contribution in [0.2, 0.25) is 0 Å². The van der Waals surface area contributed by atoms with Gasteiger partial charge in [0, 0.05) is 6.61 Å². The van der Waals surface area contributed by atoms with Crippen LogP contribution in [0.5, 0.6) is 0 Å². The van der Waals surface area contributed by atoms with E-state index in [1.165, 1.54) is 26.2 Å². The van der Waals surface area contributed by atoms with E-state index in [9.17, 15) is 30.6 Å². The Balaban J connectivity index is 1.87. The fourth-order valence-electron chi connectivity index (χ4n) is 3.72. The van der Waals surface area contributed by atoms with Gasteiger partial charge in [-0.25, -0.2) is 0 Å². The minimum absolute atomic E-state index is 0.344. The molecule has 0 radical (unpaired) electrons. The van der Waals surface area contributed by atoms with Crippen LogP contribution in [0.1, 0.15) is 52.4 Å². The molecule has 0 amide bonds. The van der Waals surface area contributed by atoms with E-state index in [0.717, 1.165) is 19.3 Å². The van der Waals surface area contributed by atoms with Crippen molar-refractivity contribution in [2.75, 3.05) is 13.2 Å². The van der Waals surface area contributed by atoms with Gasteiger partial charge in [0.15, 0.2) is 12.6 Å². The Morgan fingerprint density at radius 1 is 0.733 bits per heavy atom. The topological polar surface area (TPSA) is 158 Å². The lowest BCUT2D eigenvalue weighted by molar-refractivity contribution is -0.356. The Hall–Kier alpha value is -0.400. The number of hydrogen-bond donors (Lipinski definition) is 6. The van der Waals surface area contributed by atoms with Gasteiger partial charge in [-0.2, -0.15) is 0 Å². The molecule has 178 valence electrons. The predicted molar refractivity (Wildman–Crippen MR) is 104 cm³/mol. The summed E-state index contributed by atoms with van der Waals surface area (Å²) in [5.41, 5.74) is 0. The SMILES string of the molecule is CCCCCCCCO[C@@H]1O[C@H](CO)[C@H](O[C@H]2O[C@@H](C)[C@@H](O)[C@@H](O)[C@@H]2O)[C@H](O)[C@H]1O. The summed E-state index contributed by atoms with van der Waals surface area (Å²) in [4.78, 5) is 0. The zero-order chi connectivity index (χ0) is 22.3. The number of aliphatic hydroxyl groups excluding tert-OH is 6. The van der Waals surface area contributed by atoms with Gasteiger partial charge < -0.3 is 49.6 Å². The van der Waals surface area contributed by atoms with Gasteiger partial charge in [0.2, 0.25) is 0 Å². The molecule has 2 heterocycles. The van der Waals surface area contributed by atoms with Gasteiger partial charge in [0.05, 0.1) is 12.7 Å². The molecule has 0 aromatic carbocycles. The second kappa shape index (κ2) is 12.6. The molecular weight excluding hydrogens is 400 g/mol. The summed E-state index contributed by atoms with van der Waals surface area (Å²) in [6, 6.07) is 0. The van der Waals surface area contributed by atoms with Crippen LogP contribution in [0.4, 0.5) is 0 Å². The van der Waals surface area contributed by atoms with Crippen molar-refractivity contribution < 1.29 is 49.6 Å². The van der Waals surface area contributed by atoms with Crippen molar-refractivity contribution in [1.29, 1.82) is 0 Å². The van der Waals surface area contributed by atoms with Crippen molar-refractivity contribution >= 4 is 0 Å². The van der Waals surface area contributed by atoms with Crippen molar-refractivity contribution in [2.45, 2.75) is 114 Å². The standard InChI is InChI=1S/C20H38O10/c1-3-4-5-6-7-8-9-27-19-17(26)15(24)18(12(10-21)29-19)30-20-16(25)14(23)13(22)11(2)28-20/h11-26H,3-10H2,1-2H3/t11-,12+,13+,14+,15+,16-,17+,18-,19+,20+/m0/s1. The molecule has 0 aliphatic carbocycles. The Bertz CT molecular complexity index is 479. The molecule has 2 rings (SSSR count). The van der Waals surface area contributed by atoms with Crippen LogP contribution >= 0.6 is 0 Å². The van der Waals surface area contributed by atoms with Crippen LogP contribution in [0.25, 0.3) is 0 Å². The lowest BCUT2D eigenvalue weighted by Crippen LogP contribution is -2.64. The first kappa shape index (κ1) is 25.9. The summed E-state index contributed by atoms with van der Waals surface area (Å²) in [5, 5.41) is 60.4. The molecule has 10 nitrogen and oxygen atoms in total. The number of hydrogen-bond acceptors (Lipinski definition) is 10. The minimum Gasteiger partial charge on any atom is -0.394 e. The van der Waals surface area contributed by atoms with Gasteiger partial charge >= 0.3 is 0 Å². The quantitative estimate of drug-likeness (QED) is 0.221. The Morgan fingerprint density at radius 2 is 1.37 bits per heavy atom. The van der Waals surface area contributed by atoms with Gasteiger partial charge in [-0.3, -0.25) is 0 Å². The first-order chi connectivity index (χ1) is 14.3. The highest BCUT2D eigenvalue weighted by molar-refractivity contribution is 4.93. The van der Waals surface area contributed by atoms with E-state index in [4.69, 9.17) is 18.9 Å². The molecule has 2 fully saturated rings. The Kier molecular flexibility index (Phi) is 10.9. The van der Waals surface area contributed by atoms with Crippen LogP contribution in [0, 0.1) is 0 Å². The summed E-state index contributed by atoms with van der Waals surface area (Å²) < 4.78 is 22.0. The smallest absolute Gasteiger partial charge is 0.187 e. The van der Waals surface area contributed by atoms with E-state index >= 15 is 0 Å². The highest BCUT2D eigenvalue weighted by Gasteiger charge is 2.50. The predicted octanol–water partition coefficient (Wildman–Crippen LogP) is -0.985. The van der Waals surface area contributed by atoms with Crippen LogP contribution in [-0.2, 0) is 18.9 Å². The molecule has 0 unspecified atom stereocenters. The third-order valence-corrected chi connectivity index (χ3v) is 5.70. The van der Waals surface area contributed by atoms with Crippen molar-refractivity contribution in [2.24, 2.45) is 0 Å². The fraction of sp³-hybridized carbons (Fsp3) is 1.00. The van der Waals surface area contributed by atoms with Crippen LogP contribution < -0.4 is 0 Å². The first-order valence-corrected chi connectivity index (χ1v) is 10.9. The molecule has 2 aliphatic heterocycles. The molecule has 2 aliphatic rings. The molecule has 10 atom stereocenters. The molecule has 6 N–H and O–H groups in total. The summed E-state index contributed by atoms with van der Waals surface area (Å²) in [6.45, 7) is 3.46. The average Bonchev–Trinajstić information content (AvgIpc) is 2.74.